The van der Waals surface area contributed by atoms with Gasteiger partial charge in [-0.3, -0.25) is 0 Å². The minimum Gasteiger partial charge on any atom is -0.373 e. The van der Waals surface area contributed by atoms with E-state index in [9.17, 15) is 0 Å². The van der Waals surface area contributed by atoms with Crippen LogP contribution in [0.3, 0.4) is 0 Å². The molecule has 5 heteroatoms. The van der Waals surface area contributed by atoms with Crippen LogP contribution in [0.5, 0.6) is 0 Å². The highest BCUT2D eigenvalue weighted by Crippen LogP contribution is 2.22. The number of thiophene rings is 1. The average Bonchev–Trinajstić information content (AvgIpc) is 3.09. The molecule has 0 unspecified atom stereocenters. The molecule has 0 N–H and O–H groups in total. The van der Waals surface area contributed by atoms with Crippen molar-refractivity contribution in [2.45, 2.75) is 78.2 Å². The second-order valence-corrected chi connectivity index (χ2v) is 9.79. The Kier molecular flexibility index (Phi) is 12.8. The van der Waals surface area contributed by atoms with Gasteiger partial charge in [-0.05, 0) is 54.5 Å². The summed E-state index contributed by atoms with van der Waals surface area (Å²) in [6.45, 7) is 8.87. The number of hydrogen-bond acceptors (Lipinski definition) is 4. The van der Waals surface area contributed by atoms with E-state index in [4.69, 9.17) is 13.3 Å². The Balaban J connectivity index is 2.60. The molecule has 0 radical (unpaired) electrons. The molecule has 24 heavy (non-hydrogen) atoms. The maximum absolute atomic E-state index is 6.28. The van der Waals surface area contributed by atoms with Crippen LogP contribution in [-0.2, 0) is 19.7 Å². The van der Waals surface area contributed by atoms with E-state index in [2.05, 4.69) is 37.6 Å². The van der Waals surface area contributed by atoms with Gasteiger partial charge in [-0.1, -0.05) is 40.0 Å². The van der Waals surface area contributed by atoms with E-state index in [0.717, 1.165) is 77.2 Å². The number of aryl methyl sites for hydroxylation is 1. The van der Waals surface area contributed by atoms with E-state index in [1.54, 1.807) is 11.3 Å². The minimum atomic E-state index is -2.54. The van der Waals surface area contributed by atoms with Gasteiger partial charge in [0.1, 0.15) is 0 Å². The first-order valence-corrected chi connectivity index (χ1v) is 12.6. The van der Waals surface area contributed by atoms with Crippen LogP contribution in [-0.4, -0.2) is 28.6 Å². The topological polar surface area (TPSA) is 27.7 Å². The van der Waals surface area contributed by atoms with E-state index in [1.165, 1.54) is 5.56 Å². The molecule has 0 bridgehead atoms. The third kappa shape index (κ3) is 9.32. The molecule has 0 amide bonds. The fourth-order valence-electron chi connectivity index (χ4n) is 2.40. The van der Waals surface area contributed by atoms with Crippen LogP contribution in [0.4, 0.5) is 0 Å². The molecule has 0 spiro atoms. The lowest BCUT2D eigenvalue weighted by Crippen LogP contribution is -2.46. The summed E-state index contributed by atoms with van der Waals surface area (Å²) in [5.41, 5.74) is 1.42. The molecule has 1 aromatic heterocycles. The molecule has 3 nitrogen and oxygen atoms in total. The van der Waals surface area contributed by atoms with Crippen molar-refractivity contribution in [1.29, 1.82) is 0 Å². The molecule has 1 aromatic rings. The molecule has 1 heterocycles. The summed E-state index contributed by atoms with van der Waals surface area (Å²) in [5, 5.41) is 4.38. The van der Waals surface area contributed by atoms with Crippen molar-refractivity contribution in [3.8, 4) is 0 Å². The Labute approximate surface area is 154 Å². The van der Waals surface area contributed by atoms with Crippen molar-refractivity contribution >= 4 is 20.1 Å². The Bertz CT molecular complexity index is 357. The van der Waals surface area contributed by atoms with E-state index in [-0.39, 0.29) is 0 Å². The minimum absolute atomic E-state index is 0.763. The van der Waals surface area contributed by atoms with Gasteiger partial charge in [-0.15, -0.1) is 0 Å². The molecular formula is C19H36O3SSi. The second kappa shape index (κ2) is 14.0. The van der Waals surface area contributed by atoms with Gasteiger partial charge in [0.25, 0.3) is 0 Å². The lowest BCUT2D eigenvalue weighted by Gasteiger charge is -2.30. The van der Waals surface area contributed by atoms with Gasteiger partial charge >= 0.3 is 8.80 Å². The molecule has 0 aliphatic heterocycles. The van der Waals surface area contributed by atoms with Crippen LogP contribution in [0.25, 0.3) is 0 Å². The quantitative estimate of drug-likeness (QED) is 0.260. The predicted molar refractivity (Wildman–Crippen MR) is 106 cm³/mol. The van der Waals surface area contributed by atoms with Crippen LogP contribution in [0, 0.1) is 0 Å². The first-order chi connectivity index (χ1) is 11.8. The Morgan fingerprint density at radius 1 is 0.833 bits per heavy atom. The van der Waals surface area contributed by atoms with Crippen molar-refractivity contribution in [3.63, 3.8) is 0 Å². The fourth-order valence-corrected chi connectivity index (χ4v) is 5.76. The van der Waals surface area contributed by atoms with Crippen LogP contribution >= 0.6 is 11.3 Å². The zero-order chi connectivity index (χ0) is 17.5. The summed E-state index contributed by atoms with van der Waals surface area (Å²) in [6.07, 6.45) is 8.82. The van der Waals surface area contributed by atoms with Crippen molar-refractivity contribution in [1.82, 2.24) is 0 Å². The fraction of sp³-hybridized carbons (Fsp3) is 0.789. The number of unbranched alkanes of at least 4 members (excludes halogenated alkanes) is 3. The maximum atomic E-state index is 6.28. The summed E-state index contributed by atoms with van der Waals surface area (Å²) in [7, 11) is -2.54. The molecule has 0 aliphatic rings. The highest BCUT2D eigenvalue weighted by molar-refractivity contribution is 7.07. The van der Waals surface area contributed by atoms with Gasteiger partial charge in [-0.2, -0.15) is 11.3 Å². The van der Waals surface area contributed by atoms with Gasteiger partial charge < -0.3 is 13.3 Å². The van der Waals surface area contributed by atoms with E-state index >= 15 is 0 Å². The molecule has 1 rings (SSSR count). The standard InChI is InChI=1S/C19H36O3SSi/c1-4-7-13-20-24(21-14-8-5-2,22-15-9-6-3)17-10-11-19-12-16-23-18-19/h12,16,18H,4-11,13-15,17H2,1-3H3. The van der Waals surface area contributed by atoms with Gasteiger partial charge in [0.05, 0.1) is 0 Å². The van der Waals surface area contributed by atoms with Crippen LogP contribution in [0.1, 0.15) is 71.3 Å². The van der Waals surface area contributed by atoms with Crippen LogP contribution in [0.2, 0.25) is 6.04 Å². The second-order valence-electron chi connectivity index (χ2n) is 6.27. The summed E-state index contributed by atoms with van der Waals surface area (Å²) in [4.78, 5) is 0. The van der Waals surface area contributed by atoms with Crippen LogP contribution in [0.15, 0.2) is 16.8 Å². The smallest absolute Gasteiger partial charge is 0.373 e. The number of hydrogen-bond donors (Lipinski definition) is 0. The number of rotatable bonds is 16. The zero-order valence-corrected chi connectivity index (χ0v) is 17.7. The van der Waals surface area contributed by atoms with E-state index < -0.39 is 8.80 Å². The first kappa shape index (κ1) is 21.8. The Hall–Kier alpha value is -0.203. The van der Waals surface area contributed by atoms with E-state index in [1.807, 2.05) is 0 Å². The van der Waals surface area contributed by atoms with Crippen molar-refractivity contribution < 1.29 is 13.3 Å². The molecule has 0 saturated carbocycles. The monoisotopic (exact) mass is 372 g/mol. The summed E-state index contributed by atoms with van der Waals surface area (Å²) < 4.78 is 18.8. The average molecular weight is 373 g/mol. The highest BCUT2D eigenvalue weighted by atomic mass is 32.1. The third-order valence-electron chi connectivity index (χ3n) is 3.99. The van der Waals surface area contributed by atoms with Crippen molar-refractivity contribution in [2.75, 3.05) is 19.8 Å². The van der Waals surface area contributed by atoms with Crippen LogP contribution < -0.4 is 0 Å². The first-order valence-electron chi connectivity index (χ1n) is 9.69. The van der Waals surface area contributed by atoms with Crippen molar-refractivity contribution in [3.05, 3.63) is 22.4 Å². The normalized spacial score (nSPS) is 12.0. The third-order valence-corrected chi connectivity index (χ3v) is 7.62. The zero-order valence-electron chi connectivity index (χ0n) is 15.9. The van der Waals surface area contributed by atoms with E-state index in [0.29, 0.717) is 0 Å². The summed E-state index contributed by atoms with van der Waals surface area (Å²) in [6, 6.07) is 3.14. The largest absolute Gasteiger partial charge is 0.500 e. The molecule has 0 fully saturated rings. The molecule has 0 aromatic carbocycles. The SMILES string of the molecule is CCCCO[Si](CCCc1ccsc1)(OCCCC)OCCCC. The summed E-state index contributed by atoms with van der Waals surface area (Å²) >= 11 is 1.77. The molecule has 0 atom stereocenters. The molecule has 0 aliphatic carbocycles. The maximum Gasteiger partial charge on any atom is 0.500 e. The lowest BCUT2D eigenvalue weighted by molar-refractivity contribution is 0.0558. The van der Waals surface area contributed by atoms with Gasteiger partial charge in [0, 0.05) is 25.9 Å². The molecule has 140 valence electrons. The molecule has 0 saturated heterocycles. The van der Waals surface area contributed by atoms with Gasteiger partial charge in [0.2, 0.25) is 0 Å². The summed E-state index contributed by atoms with van der Waals surface area (Å²) in [5.74, 6) is 0. The Morgan fingerprint density at radius 3 is 1.79 bits per heavy atom. The molecular weight excluding hydrogens is 336 g/mol. The van der Waals surface area contributed by atoms with Gasteiger partial charge in [0.15, 0.2) is 0 Å². The predicted octanol–water partition coefficient (Wildman–Crippen LogP) is 6.07. The lowest BCUT2D eigenvalue weighted by atomic mass is 10.2. The highest BCUT2D eigenvalue weighted by Gasteiger charge is 2.40. The Morgan fingerprint density at radius 2 is 1.38 bits per heavy atom. The van der Waals surface area contributed by atoms with Crippen molar-refractivity contribution in [2.24, 2.45) is 0 Å². The van der Waals surface area contributed by atoms with Gasteiger partial charge in [-0.25, -0.2) is 0 Å².